The van der Waals surface area contributed by atoms with Crippen LogP contribution < -0.4 is 5.32 Å². The van der Waals surface area contributed by atoms with Crippen molar-refractivity contribution in [2.75, 3.05) is 11.9 Å². The molecule has 4 aromatic carbocycles. The third-order valence-corrected chi connectivity index (χ3v) is 5.56. The van der Waals surface area contributed by atoms with Crippen LogP contribution in [-0.4, -0.2) is 18.5 Å². The van der Waals surface area contributed by atoms with Crippen LogP contribution in [0.1, 0.15) is 10.4 Å². The van der Waals surface area contributed by atoms with Crippen LogP contribution in [0.25, 0.3) is 10.8 Å². The number of anilines is 1. The Hall–Kier alpha value is -3.57. The Labute approximate surface area is 178 Å². The van der Waals surface area contributed by atoms with Gasteiger partial charge < -0.3 is 10.1 Å². The summed E-state index contributed by atoms with van der Waals surface area (Å²) in [5, 5.41) is 4.59. The maximum Gasteiger partial charge on any atom is 0.339 e. The molecule has 0 unspecified atom stereocenters. The first-order valence-electron chi connectivity index (χ1n) is 9.47. The van der Waals surface area contributed by atoms with Gasteiger partial charge in [-0.1, -0.05) is 78.5 Å². The van der Waals surface area contributed by atoms with Gasteiger partial charge in [0, 0.05) is 9.79 Å². The van der Waals surface area contributed by atoms with E-state index in [2.05, 4.69) is 5.32 Å². The maximum absolute atomic E-state index is 12.5. The molecule has 1 N–H and O–H groups in total. The summed E-state index contributed by atoms with van der Waals surface area (Å²) in [6.07, 6.45) is 0. The molecule has 0 atom stereocenters. The van der Waals surface area contributed by atoms with Gasteiger partial charge in [-0.15, -0.1) is 0 Å². The SMILES string of the molecule is O=C(COC(=O)c1cccc2ccccc12)Nc1ccccc1Sc1ccccc1. The van der Waals surface area contributed by atoms with E-state index in [1.165, 1.54) is 0 Å². The van der Waals surface area contributed by atoms with Crippen LogP contribution in [0.4, 0.5) is 5.69 Å². The summed E-state index contributed by atoms with van der Waals surface area (Å²) in [4.78, 5) is 26.9. The second-order valence-corrected chi connectivity index (χ2v) is 7.68. The van der Waals surface area contributed by atoms with Crippen LogP contribution >= 0.6 is 11.8 Å². The van der Waals surface area contributed by atoms with E-state index in [0.29, 0.717) is 11.3 Å². The third-order valence-electron chi connectivity index (χ3n) is 4.48. The number of fused-ring (bicyclic) bond motifs is 1. The van der Waals surface area contributed by atoms with E-state index < -0.39 is 5.97 Å². The molecule has 30 heavy (non-hydrogen) atoms. The van der Waals surface area contributed by atoms with E-state index in [9.17, 15) is 9.59 Å². The summed E-state index contributed by atoms with van der Waals surface area (Å²) < 4.78 is 5.27. The van der Waals surface area contributed by atoms with Gasteiger partial charge in [0.05, 0.1) is 11.3 Å². The zero-order valence-corrected chi connectivity index (χ0v) is 16.9. The number of amides is 1. The Morgan fingerprint density at radius 1 is 0.767 bits per heavy atom. The first-order chi connectivity index (χ1) is 14.7. The van der Waals surface area contributed by atoms with Gasteiger partial charge in [-0.25, -0.2) is 4.79 Å². The molecule has 0 bridgehead atoms. The van der Waals surface area contributed by atoms with E-state index >= 15 is 0 Å². The second-order valence-electron chi connectivity index (χ2n) is 6.56. The lowest BCUT2D eigenvalue weighted by molar-refractivity contribution is -0.119. The molecule has 0 aliphatic heterocycles. The predicted octanol–water partition coefficient (Wildman–Crippen LogP) is 5.79. The molecule has 0 aliphatic carbocycles. The van der Waals surface area contributed by atoms with E-state index in [0.717, 1.165) is 20.6 Å². The lowest BCUT2D eigenvalue weighted by Gasteiger charge is -2.11. The summed E-state index contributed by atoms with van der Waals surface area (Å²) in [6, 6.07) is 30.5. The first-order valence-corrected chi connectivity index (χ1v) is 10.3. The highest BCUT2D eigenvalue weighted by Crippen LogP contribution is 2.33. The van der Waals surface area contributed by atoms with Gasteiger partial charge in [-0.05, 0) is 41.1 Å². The van der Waals surface area contributed by atoms with E-state index in [1.54, 1.807) is 23.9 Å². The molecule has 148 valence electrons. The molecule has 4 aromatic rings. The number of hydrogen-bond donors (Lipinski definition) is 1. The number of esters is 1. The van der Waals surface area contributed by atoms with Crippen molar-refractivity contribution >= 4 is 40.1 Å². The number of ether oxygens (including phenoxy) is 1. The minimum absolute atomic E-state index is 0.355. The smallest absolute Gasteiger partial charge is 0.339 e. The van der Waals surface area contributed by atoms with Gasteiger partial charge in [-0.3, -0.25) is 4.79 Å². The monoisotopic (exact) mass is 413 g/mol. The molecule has 0 radical (unpaired) electrons. The van der Waals surface area contributed by atoms with Crippen molar-refractivity contribution < 1.29 is 14.3 Å². The van der Waals surface area contributed by atoms with Gasteiger partial charge in [0.2, 0.25) is 0 Å². The lowest BCUT2D eigenvalue weighted by Crippen LogP contribution is -2.21. The molecule has 0 heterocycles. The Bertz CT molecular complexity index is 1190. The Morgan fingerprint density at radius 3 is 2.33 bits per heavy atom. The number of nitrogens with one attached hydrogen (secondary N) is 1. The van der Waals surface area contributed by atoms with Gasteiger partial charge >= 0.3 is 5.97 Å². The minimum atomic E-state index is -0.520. The first kappa shape index (κ1) is 19.7. The van der Waals surface area contributed by atoms with Gasteiger partial charge in [-0.2, -0.15) is 0 Å². The second kappa shape index (κ2) is 9.29. The molecule has 0 saturated carbocycles. The van der Waals surface area contributed by atoms with Crippen LogP contribution in [0, 0.1) is 0 Å². The molecular weight excluding hydrogens is 394 g/mol. The molecule has 5 heteroatoms. The summed E-state index contributed by atoms with van der Waals surface area (Å²) >= 11 is 1.56. The molecule has 0 aliphatic rings. The molecule has 4 rings (SSSR count). The van der Waals surface area contributed by atoms with Gasteiger partial charge in [0.1, 0.15) is 0 Å². The van der Waals surface area contributed by atoms with Crippen LogP contribution in [0.15, 0.2) is 107 Å². The van der Waals surface area contributed by atoms with Gasteiger partial charge in [0.25, 0.3) is 5.91 Å². The fraction of sp³-hybridized carbons (Fsp3) is 0.0400. The third kappa shape index (κ3) is 4.70. The number of carbonyl (C=O) groups excluding carboxylic acids is 2. The average molecular weight is 413 g/mol. The van der Waals surface area contributed by atoms with Crippen LogP contribution in [-0.2, 0) is 9.53 Å². The number of para-hydroxylation sites is 1. The molecule has 0 fully saturated rings. The molecular formula is C25H19NO3S. The van der Waals surface area contributed by atoms with Crippen LogP contribution in [0.5, 0.6) is 0 Å². The highest BCUT2D eigenvalue weighted by molar-refractivity contribution is 7.99. The van der Waals surface area contributed by atoms with Crippen LogP contribution in [0.2, 0.25) is 0 Å². The largest absolute Gasteiger partial charge is 0.452 e. The molecule has 0 saturated heterocycles. The van der Waals surface area contributed by atoms with Crippen molar-refractivity contribution in [3.05, 3.63) is 103 Å². The Balaban J connectivity index is 1.41. The maximum atomic E-state index is 12.5. The highest BCUT2D eigenvalue weighted by atomic mass is 32.2. The van der Waals surface area contributed by atoms with Crippen molar-refractivity contribution in [3.63, 3.8) is 0 Å². The Morgan fingerprint density at radius 2 is 1.47 bits per heavy atom. The topological polar surface area (TPSA) is 55.4 Å². The summed E-state index contributed by atoms with van der Waals surface area (Å²) in [7, 11) is 0. The summed E-state index contributed by atoms with van der Waals surface area (Å²) in [5.74, 6) is -0.904. The van der Waals surface area contributed by atoms with Crippen molar-refractivity contribution in [2.24, 2.45) is 0 Å². The standard InChI is InChI=1S/C25H19NO3S/c27-24(17-29-25(28)21-14-8-10-18-9-4-5-13-20(18)21)26-22-15-6-7-16-23(22)30-19-11-2-1-3-12-19/h1-16H,17H2,(H,26,27). The number of rotatable bonds is 6. The average Bonchev–Trinajstić information content (AvgIpc) is 2.79. The van der Waals surface area contributed by atoms with Crippen molar-refractivity contribution in [3.8, 4) is 0 Å². The molecule has 4 nitrogen and oxygen atoms in total. The number of hydrogen-bond acceptors (Lipinski definition) is 4. The van der Waals surface area contributed by atoms with E-state index in [1.807, 2.05) is 84.9 Å². The van der Waals surface area contributed by atoms with E-state index in [-0.39, 0.29) is 12.5 Å². The van der Waals surface area contributed by atoms with E-state index in [4.69, 9.17) is 4.74 Å². The van der Waals surface area contributed by atoms with Crippen molar-refractivity contribution in [1.29, 1.82) is 0 Å². The molecule has 0 aromatic heterocycles. The Kier molecular flexibility index (Phi) is 6.11. The normalized spacial score (nSPS) is 10.5. The summed E-state index contributed by atoms with van der Waals surface area (Å²) in [6.45, 7) is -0.355. The minimum Gasteiger partial charge on any atom is -0.452 e. The fourth-order valence-corrected chi connectivity index (χ4v) is 4.00. The fourth-order valence-electron chi connectivity index (χ4n) is 3.07. The quantitative estimate of drug-likeness (QED) is 0.407. The van der Waals surface area contributed by atoms with Crippen molar-refractivity contribution in [2.45, 2.75) is 9.79 Å². The van der Waals surface area contributed by atoms with Crippen LogP contribution in [0.3, 0.4) is 0 Å². The highest BCUT2D eigenvalue weighted by Gasteiger charge is 2.14. The number of benzene rings is 4. The lowest BCUT2D eigenvalue weighted by atomic mass is 10.1. The van der Waals surface area contributed by atoms with Gasteiger partial charge in [0.15, 0.2) is 6.61 Å². The zero-order chi connectivity index (χ0) is 20.8. The zero-order valence-electron chi connectivity index (χ0n) is 16.1. The number of carbonyl (C=O) groups is 2. The molecule has 0 spiro atoms. The summed E-state index contributed by atoms with van der Waals surface area (Å²) in [5.41, 5.74) is 1.12. The predicted molar refractivity (Wildman–Crippen MR) is 120 cm³/mol. The van der Waals surface area contributed by atoms with Crippen molar-refractivity contribution in [1.82, 2.24) is 0 Å². The molecule has 1 amide bonds.